The number of nitrogens with one attached hydrogen (secondary N) is 1. The number of fused-ring (bicyclic) bond motifs is 3. The summed E-state index contributed by atoms with van der Waals surface area (Å²) in [6, 6.07) is 0.634. The molecule has 2 heterocycles. The first-order valence-electron chi connectivity index (χ1n) is 8.82. The summed E-state index contributed by atoms with van der Waals surface area (Å²) in [7, 11) is 0. The van der Waals surface area contributed by atoms with Crippen molar-refractivity contribution < 1.29 is 5.11 Å². The van der Waals surface area contributed by atoms with Gasteiger partial charge in [-0.05, 0) is 44.4 Å². The minimum absolute atomic E-state index is 0.0575. The highest BCUT2D eigenvalue weighted by Gasteiger charge is 2.57. The largest absolute Gasteiger partial charge is 0.396 e. The lowest BCUT2D eigenvalue weighted by molar-refractivity contribution is 0.204. The van der Waals surface area contributed by atoms with Crippen LogP contribution in [0.5, 0.6) is 0 Å². The molecule has 3 atom stereocenters. The van der Waals surface area contributed by atoms with Crippen LogP contribution in [0, 0.1) is 5.92 Å². The number of aliphatic hydroxyl groups is 1. The molecule has 5 rings (SSSR count). The monoisotopic (exact) mass is 347 g/mol. The van der Waals surface area contributed by atoms with Crippen molar-refractivity contribution >= 4 is 23.1 Å². The Bertz CT molecular complexity index is 815. The number of hydrogen-bond donors (Lipinski definition) is 3. The summed E-state index contributed by atoms with van der Waals surface area (Å²) in [5.74, 6) is 1.26. The molecule has 1 unspecified atom stereocenters. The van der Waals surface area contributed by atoms with Crippen molar-refractivity contribution in [1.29, 1.82) is 0 Å². The van der Waals surface area contributed by atoms with Crippen LogP contribution in [0.25, 0.3) is 5.65 Å². The number of rotatable bonds is 3. The fraction of sp³-hybridized carbons (Fsp3) is 0.647. The zero-order valence-electron chi connectivity index (χ0n) is 13.5. The fourth-order valence-corrected chi connectivity index (χ4v) is 4.91. The third-order valence-corrected chi connectivity index (χ3v) is 6.50. The van der Waals surface area contributed by atoms with Crippen molar-refractivity contribution in [3.63, 3.8) is 0 Å². The van der Waals surface area contributed by atoms with E-state index in [1.807, 2.05) is 4.52 Å². The maximum absolute atomic E-state index is 9.85. The molecular weight excluding hydrogens is 326 g/mol. The van der Waals surface area contributed by atoms with Gasteiger partial charge in [-0.25, -0.2) is 4.98 Å². The number of aromatic nitrogens is 3. The lowest BCUT2D eigenvalue weighted by Crippen LogP contribution is -2.23. The molecule has 3 aliphatic rings. The van der Waals surface area contributed by atoms with Crippen molar-refractivity contribution in [2.24, 2.45) is 11.7 Å². The molecule has 2 fully saturated rings. The molecule has 0 amide bonds. The molecule has 2 aromatic heterocycles. The van der Waals surface area contributed by atoms with E-state index in [4.69, 9.17) is 22.3 Å². The third-order valence-electron chi connectivity index (χ3n) is 6.23. The molecule has 0 radical (unpaired) electrons. The van der Waals surface area contributed by atoms with E-state index < -0.39 is 0 Å². The second kappa shape index (κ2) is 5.07. The summed E-state index contributed by atoms with van der Waals surface area (Å²) >= 11 is 6.33. The number of nitrogens with two attached hydrogens (primary N) is 1. The Labute approximate surface area is 145 Å². The molecule has 0 bridgehead atoms. The Kier molecular flexibility index (Phi) is 3.15. The SMILES string of the molecule is N[C@H]1CC[C@H](Nc2c3c(nc4c(Cl)cnn24)C2(CC2)C(CO)C3)C1. The van der Waals surface area contributed by atoms with Gasteiger partial charge in [-0.1, -0.05) is 11.6 Å². The normalized spacial score (nSPS) is 30.2. The van der Waals surface area contributed by atoms with Gasteiger partial charge in [0.2, 0.25) is 0 Å². The molecule has 128 valence electrons. The average Bonchev–Trinajstić information content (AvgIpc) is 2.98. The van der Waals surface area contributed by atoms with Gasteiger partial charge in [0.05, 0.1) is 11.9 Å². The third kappa shape index (κ3) is 1.96. The van der Waals surface area contributed by atoms with E-state index >= 15 is 0 Å². The molecule has 2 saturated carbocycles. The van der Waals surface area contributed by atoms with Gasteiger partial charge in [-0.3, -0.25) is 0 Å². The molecule has 1 spiro atoms. The van der Waals surface area contributed by atoms with E-state index in [1.165, 1.54) is 5.56 Å². The molecule has 7 heteroatoms. The van der Waals surface area contributed by atoms with E-state index in [1.54, 1.807) is 6.20 Å². The highest BCUT2D eigenvalue weighted by Crippen LogP contribution is 2.60. The van der Waals surface area contributed by atoms with Gasteiger partial charge in [0.1, 0.15) is 10.8 Å². The topological polar surface area (TPSA) is 88.5 Å². The Morgan fingerprint density at radius 3 is 2.92 bits per heavy atom. The Hall–Kier alpha value is -1.37. The Balaban J connectivity index is 1.65. The summed E-state index contributed by atoms with van der Waals surface area (Å²) < 4.78 is 1.83. The Morgan fingerprint density at radius 1 is 1.42 bits per heavy atom. The van der Waals surface area contributed by atoms with Crippen LogP contribution in [0.2, 0.25) is 5.02 Å². The standard InChI is InChI=1S/C17H22ClN5O/c18-13-7-20-23-15(21-11-2-1-10(19)6-11)12-5-9(8-24)17(3-4-17)14(12)22-16(13)23/h7,9-11,21,24H,1-6,8,19H2/t9?,10-,11-/m0/s1. The van der Waals surface area contributed by atoms with E-state index in [0.29, 0.717) is 16.7 Å². The summed E-state index contributed by atoms with van der Waals surface area (Å²) in [5.41, 5.74) is 9.18. The van der Waals surface area contributed by atoms with Gasteiger partial charge in [0, 0.05) is 29.7 Å². The predicted molar refractivity (Wildman–Crippen MR) is 92.4 cm³/mol. The van der Waals surface area contributed by atoms with Gasteiger partial charge >= 0.3 is 0 Å². The molecule has 3 aliphatic carbocycles. The van der Waals surface area contributed by atoms with Crippen LogP contribution in [0.15, 0.2) is 6.20 Å². The molecule has 2 aromatic rings. The van der Waals surface area contributed by atoms with Crippen molar-refractivity contribution in [3.8, 4) is 0 Å². The smallest absolute Gasteiger partial charge is 0.176 e. The minimum Gasteiger partial charge on any atom is -0.396 e. The molecule has 0 aliphatic heterocycles. The van der Waals surface area contributed by atoms with Gasteiger partial charge < -0.3 is 16.2 Å². The van der Waals surface area contributed by atoms with Crippen molar-refractivity contribution in [3.05, 3.63) is 22.5 Å². The molecule has 0 saturated heterocycles. The maximum Gasteiger partial charge on any atom is 0.176 e. The second-order valence-electron chi connectivity index (χ2n) is 7.67. The van der Waals surface area contributed by atoms with Crippen LogP contribution in [0.4, 0.5) is 5.82 Å². The number of aliphatic hydroxyl groups excluding tert-OH is 1. The molecule has 24 heavy (non-hydrogen) atoms. The lowest BCUT2D eigenvalue weighted by Gasteiger charge is -2.19. The van der Waals surface area contributed by atoms with E-state index in [2.05, 4.69) is 10.4 Å². The maximum atomic E-state index is 9.85. The second-order valence-corrected chi connectivity index (χ2v) is 8.08. The average molecular weight is 348 g/mol. The fourth-order valence-electron chi connectivity index (χ4n) is 4.75. The van der Waals surface area contributed by atoms with Crippen molar-refractivity contribution in [2.75, 3.05) is 11.9 Å². The zero-order valence-corrected chi connectivity index (χ0v) is 14.3. The van der Waals surface area contributed by atoms with Gasteiger partial charge in [0.25, 0.3) is 0 Å². The zero-order chi connectivity index (χ0) is 16.5. The molecule has 4 N–H and O–H groups in total. The summed E-state index contributed by atoms with van der Waals surface area (Å²) in [6.45, 7) is 0.208. The van der Waals surface area contributed by atoms with Gasteiger partial charge in [0.15, 0.2) is 5.65 Å². The van der Waals surface area contributed by atoms with Crippen LogP contribution >= 0.6 is 11.6 Å². The summed E-state index contributed by atoms with van der Waals surface area (Å²) in [5, 5.41) is 18.5. The molecule has 6 nitrogen and oxygen atoms in total. The van der Waals surface area contributed by atoms with E-state index in [0.717, 1.165) is 50.0 Å². The molecular formula is C17H22ClN5O. The first kappa shape index (κ1) is 14.9. The first-order chi connectivity index (χ1) is 11.6. The van der Waals surface area contributed by atoms with Crippen LogP contribution in [-0.2, 0) is 11.8 Å². The number of halogens is 1. The molecule has 0 aromatic carbocycles. The van der Waals surface area contributed by atoms with Crippen molar-refractivity contribution in [1.82, 2.24) is 14.6 Å². The lowest BCUT2D eigenvalue weighted by atomic mass is 9.92. The number of hydrogen-bond acceptors (Lipinski definition) is 5. The van der Waals surface area contributed by atoms with Crippen LogP contribution in [0.1, 0.15) is 43.4 Å². The number of anilines is 1. The highest BCUT2D eigenvalue weighted by atomic mass is 35.5. The van der Waals surface area contributed by atoms with E-state index in [-0.39, 0.29) is 24.0 Å². The van der Waals surface area contributed by atoms with Gasteiger partial charge in [-0.2, -0.15) is 9.61 Å². The minimum atomic E-state index is 0.0575. The van der Waals surface area contributed by atoms with Crippen LogP contribution in [0.3, 0.4) is 0 Å². The predicted octanol–water partition coefficient (Wildman–Crippen LogP) is 1.87. The summed E-state index contributed by atoms with van der Waals surface area (Å²) in [4.78, 5) is 4.87. The number of nitrogens with zero attached hydrogens (tertiary/aromatic N) is 3. The quantitative estimate of drug-likeness (QED) is 0.788. The summed E-state index contributed by atoms with van der Waals surface area (Å²) in [6.07, 6.45) is 7.82. The van der Waals surface area contributed by atoms with Crippen LogP contribution in [-0.4, -0.2) is 38.4 Å². The van der Waals surface area contributed by atoms with Gasteiger partial charge in [-0.15, -0.1) is 0 Å². The first-order valence-corrected chi connectivity index (χ1v) is 9.20. The van der Waals surface area contributed by atoms with Crippen molar-refractivity contribution in [2.45, 2.75) is 56.0 Å². The van der Waals surface area contributed by atoms with Crippen LogP contribution < -0.4 is 11.1 Å². The Morgan fingerprint density at radius 2 is 2.25 bits per heavy atom. The highest BCUT2D eigenvalue weighted by molar-refractivity contribution is 6.33. The van der Waals surface area contributed by atoms with E-state index in [9.17, 15) is 5.11 Å².